The number of fused-ring (bicyclic) bond motifs is 1. The molecule has 0 aliphatic carbocycles. The molecule has 13 heteroatoms. The molecule has 3 aliphatic heterocycles. The van der Waals surface area contributed by atoms with Crippen molar-refractivity contribution < 1.29 is 52.2 Å². The van der Waals surface area contributed by atoms with E-state index in [1.54, 1.807) is 0 Å². The van der Waals surface area contributed by atoms with Gasteiger partial charge in [-0.1, -0.05) is 119 Å². The SMILES string of the molecule is CO[C@@H]1O[C@H](CO[Si](C)(C)C(C)(C)C(C)C)[C@@H](O[C@H]2O[C@@H]3COC(c4ccccc4)O[C@H]3[C@H](OCc3ccccc3)[C@H]2OCc2ccccc2)[C@H](O)[C@H]1NC(C)=O. The summed E-state index contributed by atoms with van der Waals surface area (Å²) in [6.07, 6.45) is -8.69. The van der Waals surface area contributed by atoms with Gasteiger partial charge < -0.3 is 52.7 Å². The molecule has 0 aromatic heterocycles. The number of hydrogen-bond acceptors (Lipinski definition) is 11. The van der Waals surface area contributed by atoms with Crippen molar-refractivity contribution in [2.45, 2.75) is 134 Å². The largest absolute Gasteiger partial charge is 0.414 e. The third kappa shape index (κ3) is 10.4. The Balaban J connectivity index is 1.35. The van der Waals surface area contributed by atoms with Gasteiger partial charge in [0.25, 0.3) is 0 Å². The highest BCUT2D eigenvalue weighted by molar-refractivity contribution is 6.74. The molecule has 3 fully saturated rings. The van der Waals surface area contributed by atoms with E-state index in [9.17, 15) is 9.90 Å². The molecular weight excluding hydrogens is 747 g/mol. The van der Waals surface area contributed by atoms with E-state index < -0.39 is 76.0 Å². The van der Waals surface area contributed by atoms with Gasteiger partial charge in [0.05, 0.1) is 26.4 Å². The third-order valence-electron chi connectivity index (χ3n) is 12.1. The van der Waals surface area contributed by atoms with Crippen LogP contribution in [0.2, 0.25) is 18.1 Å². The maximum atomic E-state index is 12.4. The first-order chi connectivity index (χ1) is 27.3. The van der Waals surface area contributed by atoms with Crippen LogP contribution in [0.25, 0.3) is 0 Å². The third-order valence-corrected chi connectivity index (χ3v) is 16.7. The summed E-state index contributed by atoms with van der Waals surface area (Å²) in [5.74, 6) is 0.00495. The van der Waals surface area contributed by atoms with E-state index in [1.165, 1.54) is 14.0 Å². The second kappa shape index (κ2) is 19.3. The Hall–Kier alpha value is -3.05. The molecule has 6 rings (SSSR count). The van der Waals surface area contributed by atoms with Gasteiger partial charge in [0.2, 0.25) is 5.91 Å². The first-order valence-corrected chi connectivity index (χ1v) is 22.9. The number of methoxy groups -OCH3 is 1. The molecule has 1 unspecified atom stereocenters. The van der Waals surface area contributed by atoms with Crippen LogP contribution in [0.4, 0.5) is 0 Å². The van der Waals surface area contributed by atoms with Gasteiger partial charge in [0, 0.05) is 19.6 Å². The highest BCUT2D eigenvalue weighted by Gasteiger charge is 2.55. The van der Waals surface area contributed by atoms with E-state index in [4.69, 9.17) is 42.3 Å². The lowest BCUT2D eigenvalue weighted by Gasteiger charge is -2.51. The topological polar surface area (TPSA) is 132 Å². The molecule has 0 spiro atoms. The van der Waals surface area contributed by atoms with Gasteiger partial charge in [-0.25, -0.2) is 0 Å². The van der Waals surface area contributed by atoms with Crippen LogP contribution in [0.15, 0.2) is 91.0 Å². The molecule has 1 amide bonds. The number of hydrogen-bond donors (Lipinski definition) is 2. The Morgan fingerprint density at radius 2 is 1.42 bits per heavy atom. The lowest BCUT2D eigenvalue weighted by atomic mass is 9.94. The Kier molecular flexibility index (Phi) is 14.8. The highest BCUT2D eigenvalue weighted by atomic mass is 28.4. The quantitative estimate of drug-likeness (QED) is 0.159. The van der Waals surface area contributed by atoms with E-state index >= 15 is 0 Å². The number of aliphatic hydroxyl groups excluding tert-OH is 1. The van der Waals surface area contributed by atoms with Crippen LogP contribution in [0.1, 0.15) is 57.6 Å². The number of carbonyl (C=O) groups excluding carboxylic acids is 1. The fourth-order valence-electron chi connectivity index (χ4n) is 7.47. The zero-order valence-electron chi connectivity index (χ0n) is 34.4. The second-order valence-corrected chi connectivity index (χ2v) is 21.1. The van der Waals surface area contributed by atoms with Crippen LogP contribution in [0.3, 0.4) is 0 Å². The maximum absolute atomic E-state index is 12.4. The van der Waals surface area contributed by atoms with Crippen molar-refractivity contribution in [2.24, 2.45) is 5.92 Å². The summed E-state index contributed by atoms with van der Waals surface area (Å²) in [6.45, 7) is 15.4. The van der Waals surface area contributed by atoms with Gasteiger partial charge in [-0.05, 0) is 35.2 Å². The predicted molar refractivity (Wildman–Crippen MR) is 215 cm³/mol. The fourth-order valence-corrected chi connectivity index (χ4v) is 9.82. The number of benzene rings is 3. The standard InChI is InChI=1S/C44H61NO11Si/c1-28(2)44(4,5)57(7,8)52-27-34-37(36(47)35(45-29(3)46)42(48-6)53-34)55-43-40(50-25-31-20-14-10-15-21-31)39(49-24-30-18-12-9-13-19-30)38-33(54-43)26-51-41(56-38)32-22-16-11-17-23-32/h9-23,28,33-43,47H,24-27H2,1-8H3,(H,45,46)/t33-,34-,35-,36-,37-,38-,39+,40-,41?,42-,43-/m1/s1. The molecule has 3 aromatic rings. The summed E-state index contributed by atoms with van der Waals surface area (Å²) < 4.78 is 59.2. The molecular formula is C44H61NO11Si. The Morgan fingerprint density at radius 1 is 0.842 bits per heavy atom. The summed E-state index contributed by atoms with van der Waals surface area (Å²) in [4.78, 5) is 12.4. The maximum Gasteiger partial charge on any atom is 0.217 e. The molecule has 3 saturated heterocycles. The summed E-state index contributed by atoms with van der Waals surface area (Å²) >= 11 is 0. The van der Waals surface area contributed by atoms with Crippen LogP contribution in [-0.2, 0) is 60.3 Å². The minimum Gasteiger partial charge on any atom is -0.414 e. The summed E-state index contributed by atoms with van der Waals surface area (Å²) in [5.41, 5.74) is 2.78. The average Bonchev–Trinajstić information content (AvgIpc) is 3.21. The van der Waals surface area contributed by atoms with Crippen LogP contribution in [0.5, 0.6) is 0 Å². The number of rotatable bonds is 16. The zero-order valence-corrected chi connectivity index (χ0v) is 35.4. The molecule has 0 saturated carbocycles. The molecule has 12 nitrogen and oxygen atoms in total. The molecule has 3 aromatic carbocycles. The van der Waals surface area contributed by atoms with Gasteiger partial charge in [-0.15, -0.1) is 0 Å². The first-order valence-electron chi connectivity index (χ1n) is 20.0. The summed E-state index contributed by atoms with van der Waals surface area (Å²) in [7, 11) is -0.893. The van der Waals surface area contributed by atoms with Crippen LogP contribution >= 0.6 is 0 Å². The monoisotopic (exact) mass is 807 g/mol. The first kappa shape index (κ1) is 43.5. The van der Waals surface area contributed by atoms with Gasteiger partial charge >= 0.3 is 0 Å². The van der Waals surface area contributed by atoms with Crippen LogP contribution in [0, 0.1) is 5.92 Å². The summed E-state index contributed by atoms with van der Waals surface area (Å²) in [5, 5.41) is 14.9. The van der Waals surface area contributed by atoms with Crippen molar-refractivity contribution in [3.8, 4) is 0 Å². The lowest BCUT2D eigenvalue weighted by Crippen LogP contribution is -2.68. The number of amides is 1. The average molecular weight is 808 g/mol. The lowest BCUT2D eigenvalue weighted by molar-refractivity contribution is -0.389. The summed E-state index contributed by atoms with van der Waals surface area (Å²) in [6, 6.07) is 28.5. The van der Waals surface area contributed by atoms with E-state index in [0.717, 1.165) is 16.7 Å². The predicted octanol–water partition coefficient (Wildman–Crippen LogP) is 6.28. The van der Waals surface area contributed by atoms with E-state index in [2.05, 4.69) is 46.1 Å². The Bertz CT molecular complexity index is 1680. The Labute approximate surface area is 338 Å². The van der Waals surface area contributed by atoms with Gasteiger partial charge in [0.15, 0.2) is 27.2 Å². The van der Waals surface area contributed by atoms with Crippen LogP contribution in [-0.4, -0.2) is 101 Å². The van der Waals surface area contributed by atoms with E-state index in [0.29, 0.717) is 5.92 Å². The molecule has 312 valence electrons. The van der Waals surface area contributed by atoms with Crippen molar-refractivity contribution in [3.05, 3.63) is 108 Å². The van der Waals surface area contributed by atoms with Crippen molar-refractivity contribution in [2.75, 3.05) is 20.3 Å². The normalized spacial score (nSPS) is 30.8. The minimum absolute atomic E-state index is 0.0875. The van der Waals surface area contributed by atoms with E-state index in [-0.39, 0.29) is 37.4 Å². The van der Waals surface area contributed by atoms with Crippen molar-refractivity contribution in [3.63, 3.8) is 0 Å². The highest BCUT2D eigenvalue weighted by Crippen LogP contribution is 2.45. The minimum atomic E-state index is -2.37. The molecule has 2 N–H and O–H groups in total. The molecule has 3 heterocycles. The van der Waals surface area contributed by atoms with Gasteiger partial charge in [0.1, 0.15) is 48.8 Å². The Morgan fingerprint density at radius 3 is 1.98 bits per heavy atom. The molecule has 57 heavy (non-hydrogen) atoms. The zero-order chi connectivity index (χ0) is 40.7. The molecule has 3 aliphatic rings. The van der Waals surface area contributed by atoms with Crippen molar-refractivity contribution in [1.82, 2.24) is 5.32 Å². The number of ether oxygens (including phenoxy) is 8. The number of nitrogens with one attached hydrogen (secondary N) is 1. The molecule has 0 radical (unpaired) electrons. The molecule has 0 bridgehead atoms. The number of aliphatic hydroxyl groups is 1. The number of carbonyl (C=O) groups is 1. The van der Waals surface area contributed by atoms with E-state index in [1.807, 2.05) is 91.0 Å². The van der Waals surface area contributed by atoms with Crippen molar-refractivity contribution in [1.29, 1.82) is 0 Å². The van der Waals surface area contributed by atoms with Crippen molar-refractivity contribution >= 4 is 14.2 Å². The molecule has 11 atom stereocenters. The fraction of sp³-hybridized carbons (Fsp3) is 0.568. The van der Waals surface area contributed by atoms with Crippen LogP contribution < -0.4 is 5.32 Å². The van der Waals surface area contributed by atoms with Gasteiger partial charge in [-0.2, -0.15) is 0 Å². The smallest absolute Gasteiger partial charge is 0.217 e. The second-order valence-electron chi connectivity index (χ2n) is 16.5. The van der Waals surface area contributed by atoms with Gasteiger partial charge in [-0.3, -0.25) is 4.79 Å².